The Labute approximate surface area is 250 Å². The molecule has 3 amide bonds. The molecule has 4 heterocycles. The third-order valence-electron chi connectivity index (χ3n) is 9.16. The number of carbonyl (C=O) groups is 2. The maximum Gasteiger partial charge on any atom is 0.409 e. The molecule has 2 saturated heterocycles. The number of fused-ring (bicyclic) bond motifs is 3. The Morgan fingerprint density at radius 2 is 1.65 bits per heavy atom. The summed E-state index contributed by atoms with van der Waals surface area (Å²) < 4.78 is 34.4. The molecule has 9 nitrogen and oxygen atoms in total. The highest BCUT2D eigenvalue weighted by Gasteiger charge is 2.42. The fourth-order valence-electron chi connectivity index (χ4n) is 7.24. The van der Waals surface area contributed by atoms with Gasteiger partial charge in [0.1, 0.15) is 17.5 Å². The van der Waals surface area contributed by atoms with Crippen LogP contribution in [0.5, 0.6) is 0 Å². The third kappa shape index (κ3) is 6.08. The number of ether oxygens (including phenoxy) is 1. The van der Waals surface area contributed by atoms with Gasteiger partial charge in [-0.3, -0.25) is 9.80 Å². The molecular formula is C32H38F2N6O3. The second-order valence-electron chi connectivity index (χ2n) is 11.7. The van der Waals surface area contributed by atoms with Gasteiger partial charge in [0.05, 0.1) is 19.3 Å². The van der Waals surface area contributed by atoms with Crippen LogP contribution in [0, 0.1) is 18.6 Å². The topological polar surface area (TPSA) is 82.9 Å². The molecule has 43 heavy (non-hydrogen) atoms. The van der Waals surface area contributed by atoms with Crippen molar-refractivity contribution in [3.63, 3.8) is 0 Å². The normalized spacial score (nSPS) is 21.4. The Morgan fingerprint density at radius 1 is 1.00 bits per heavy atom. The number of methoxy groups -OCH3 is 1. The molecule has 3 aliphatic heterocycles. The zero-order valence-electron chi connectivity index (χ0n) is 24.6. The Balaban J connectivity index is 1.10. The van der Waals surface area contributed by atoms with Gasteiger partial charge >= 0.3 is 12.1 Å². The van der Waals surface area contributed by atoms with Crippen molar-refractivity contribution in [2.45, 2.75) is 70.1 Å². The molecule has 0 radical (unpaired) electrons. The van der Waals surface area contributed by atoms with Crippen LogP contribution in [0.1, 0.15) is 55.4 Å². The van der Waals surface area contributed by atoms with Crippen LogP contribution in [0.2, 0.25) is 0 Å². The number of aromatic nitrogens is 2. The predicted octanol–water partition coefficient (Wildman–Crippen LogP) is 5.89. The number of hydrogen-bond donors (Lipinski definition) is 1. The molecular weight excluding hydrogens is 554 g/mol. The number of amides is 3. The zero-order valence-corrected chi connectivity index (χ0v) is 24.6. The summed E-state index contributed by atoms with van der Waals surface area (Å²) in [5.74, 6) is 0.272. The van der Waals surface area contributed by atoms with Gasteiger partial charge in [0.2, 0.25) is 0 Å². The van der Waals surface area contributed by atoms with E-state index in [2.05, 4.69) is 21.7 Å². The van der Waals surface area contributed by atoms with Gasteiger partial charge in [-0.25, -0.2) is 23.4 Å². The van der Waals surface area contributed by atoms with Crippen molar-refractivity contribution in [1.82, 2.24) is 19.4 Å². The number of carbonyl (C=O) groups excluding carboxylic acids is 2. The van der Waals surface area contributed by atoms with Crippen LogP contribution in [-0.4, -0.2) is 70.3 Å². The van der Waals surface area contributed by atoms with Crippen LogP contribution in [-0.2, 0) is 17.7 Å². The minimum absolute atomic E-state index is 0.310. The number of rotatable bonds is 7. The predicted molar refractivity (Wildman–Crippen MR) is 159 cm³/mol. The number of hydrogen-bond acceptors (Lipinski definition) is 5. The summed E-state index contributed by atoms with van der Waals surface area (Å²) in [7, 11) is 1.41. The van der Waals surface area contributed by atoms with Crippen LogP contribution in [0.15, 0.2) is 48.5 Å². The summed E-state index contributed by atoms with van der Waals surface area (Å²) in [5, 5.41) is 2.84. The SMILES string of the molecule is COC(=O)N1CCc2c(nc(C)n2C2C[C@H]3CC[C@@H](C2)N3CCCN(C(=O)Nc2ccc(F)cc2)c2ccc(F)cc2)C1. The Kier molecular flexibility index (Phi) is 8.34. The van der Waals surface area contributed by atoms with Gasteiger partial charge in [0, 0.05) is 61.2 Å². The van der Waals surface area contributed by atoms with Gasteiger partial charge in [-0.2, -0.15) is 0 Å². The first kappa shape index (κ1) is 29.1. The maximum absolute atomic E-state index is 13.7. The molecule has 0 saturated carbocycles. The van der Waals surface area contributed by atoms with Crippen molar-refractivity contribution in [3.05, 3.63) is 77.4 Å². The number of benzene rings is 2. The highest BCUT2D eigenvalue weighted by molar-refractivity contribution is 6.01. The lowest BCUT2D eigenvalue weighted by Gasteiger charge is -2.41. The second kappa shape index (κ2) is 12.3. The zero-order chi connectivity index (χ0) is 30.1. The number of aryl methyl sites for hydroxylation is 1. The number of piperidine rings is 1. The molecule has 0 aliphatic carbocycles. The number of halogens is 2. The fourth-order valence-corrected chi connectivity index (χ4v) is 7.24. The molecule has 6 rings (SSSR count). The minimum Gasteiger partial charge on any atom is -0.453 e. The van der Waals surface area contributed by atoms with Gasteiger partial charge in [-0.1, -0.05) is 0 Å². The molecule has 2 fully saturated rings. The number of nitrogens with zero attached hydrogens (tertiary/aromatic N) is 5. The molecule has 0 spiro atoms. The summed E-state index contributed by atoms with van der Waals surface area (Å²) in [6.07, 6.45) is 5.63. The average molecular weight is 593 g/mol. The minimum atomic E-state index is -0.375. The Bertz CT molecular complexity index is 1450. The molecule has 3 aromatic rings. The summed E-state index contributed by atoms with van der Waals surface area (Å²) in [4.78, 5) is 36.1. The lowest BCUT2D eigenvalue weighted by Crippen LogP contribution is -2.45. The van der Waals surface area contributed by atoms with Crippen LogP contribution < -0.4 is 10.2 Å². The summed E-state index contributed by atoms with van der Waals surface area (Å²) in [5.41, 5.74) is 3.32. The van der Waals surface area contributed by atoms with E-state index in [1.165, 1.54) is 49.2 Å². The summed E-state index contributed by atoms with van der Waals surface area (Å²) in [6, 6.07) is 12.5. The third-order valence-corrected chi connectivity index (χ3v) is 9.16. The van der Waals surface area contributed by atoms with E-state index in [0.717, 1.165) is 56.6 Å². The van der Waals surface area contributed by atoms with E-state index in [9.17, 15) is 18.4 Å². The fraction of sp³-hybridized carbons (Fsp3) is 0.469. The molecule has 1 unspecified atom stereocenters. The highest BCUT2D eigenvalue weighted by Crippen LogP contribution is 2.42. The summed E-state index contributed by atoms with van der Waals surface area (Å²) >= 11 is 0. The molecule has 1 N–H and O–H groups in total. The molecule has 3 atom stereocenters. The smallest absolute Gasteiger partial charge is 0.409 e. The number of nitrogens with one attached hydrogen (secondary N) is 1. The summed E-state index contributed by atoms with van der Waals surface area (Å²) in [6.45, 7) is 4.51. The van der Waals surface area contributed by atoms with Crippen LogP contribution >= 0.6 is 0 Å². The first-order valence-corrected chi connectivity index (χ1v) is 15.1. The Hall–Kier alpha value is -3.99. The lowest BCUT2D eigenvalue weighted by atomic mass is 9.95. The van der Waals surface area contributed by atoms with Gasteiger partial charge < -0.3 is 19.5 Å². The van der Waals surface area contributed by atoms with Crippen LogP contribution in [0.4, 0.5) is 29.7 Å². The van der Waals surface area contributed by atoms with E-state index in [1.807, 2.05) is 0 Å². The van der Waals surface area contributed by atoms with Gasteiger partial charge in [-0.15, -0.1) is 0 Å². The quantitative estimate of drug-likeness (QED) is 0.370. The van der Waals surface area contributed by atoms with E-state index < -0.39 is 0 Å². The van der Waals surface area contributed by atoms with E-state index >= 15 is 0 Å². The molecule has 2 aromatic carbocycles. The average Bonchev–Trinajstić information content (AvgIpc) is 3.45. The van der Waals surface area contributed by atoms with Gasteiger partial charge in [0.15, 0.2) is 0 Å². The molecule has 2 bridgehead atoms. The van der Waals surface area contributed by atoms with E-state index in [-0.39, 0.29) is 23.8 Å². The second-order valence-corrected chi connectivity index (χ2v) is 11.7. The van der Waals surface area contributed by atoms with Crippen molar-refractivity contribution in [3.8, 4) is 0 Å². The van der Waals surface area contributed by atoms with Crippen molar-refractivity contribution >= 4 is 23.5 Å². The van der Waals surface area contributed by atoms with E-state index in [1.54, 1.807) is 21.9 Å². The molecule has 1 aromatic heterocycles. The van der Waals surface area contributed by atoms with Crippen LogP contribution in [0.25, 0.3) is 0 Å². The molecule has 228 valence electrons. The first-order chi connectivity index (χ1) is 20.8. The van der Waals surface area contributed by atoms with E-state index in [4.69, 9.17) is 9.72 Å². The van der Waals surface area contributed by atoms with Crippen molar-refractivity contribution in [2.24, 2.45) is 0 Å². The van der Waals surface area contributed by atoms with Crippen LogP contribution in [0.3, 0.4) is 0 Å². The van der Waals surface area contributed by atoms with Crippen molar-refractivity contribution in [2.75, 3.05) is 37.0 Å². The number of urea groups is 1. The Morgan fingerprint density at radius 3 is 2.30 bits per heavy atom. The van der Waals surface area contributed by atoms with Crippen molar-refractivity contribution in [1.29, 1.82) is 0 Å². The van der Waals surface area contributed by atoms with Gasteiger partial charge in [-0.05, 0) is 87.6 Å². The largest absolute Gasteiger partial charge is 0.453 e. The highest BCUT2D eigenvalue weighted by atomic mass is 19.1. The first-order valence-electron chi connectivity index (χ1n) is 15.1. The van der Waals surface area contributed by atoms with Gasteiger partial charge in [0.25, 0.3) is 0 Å². The van der Waals surface area contributed by atoms with Crippen molar-refractivity contribution < 1.29 is 23.1 Å². The molecule has 3 aliphatic rings. The number of anilines is 2. The molecule has 11 heteroatoms. The lowest BCUT2D eigenvalue weighted by molar-refractivity contribution is 0.103. The number of imidazole rings is 1. The van der Waals surface area contributed by atoms with E-state index in [0.29, 0.717) is 49.1 Å². The maximum atomic E-state index is 13.7. The standard InChI is InChI=1S/C32H38F2N6O3/c1-21-35-29-20-37(32(42)43-2)17-14-30(29)40(21)28-18-26-12-13-27(19-28)38(26)15-3-16-39(25-10-6-23(34)7-11-25)31(41)36-24-8-4-22(33)5-9-24/h4-11,26-28H,3,12-20H2,1-2H3,(H,36,41)/t26-,27+,28?. The monoisotopic (exact) mass is 592 g/mol.